The number of nitro groups is 1. The molecule has 0 radical (unpaired) electrons. The van der Waals surface area contributed by atoms with Crippen molar-refractivity contribution in [2.24, 2.45) is 0 Å². The van der Waals surface area contributed by atoms with Crippen molar-refractivity contribution in [3.8, 4) is 5.75 Å². The number of non-ortho nitro benzene ring substituents is 1. The summed E-state index contributed by atoms with van der Waals surface area (Å²) in [5, 5.41) is 13.8. The lowest BCUT2D eigenvalue weighted by molar-refractivity contribution is -0.384. The molecular formula is C14H11ClN2O4. The maximum atomic E-state index is 12.1. The quantitative estimate of drug-likeness (QED) is 0.692. The Labute approximate surface area is 125 Å². The van der Waals surface area contributed by atoms with Gasteiger partial charge in [0, 0.05) is 22.7 Å². The molecule has 0 heterocycles. The summed E-state index contributed by atoms with van der Waals surface area (Å²) in [6, 6.07) is 10.3. The lowest BCUT2D eigenvalue weighted by atomic mass is 10.2. The molecule has 0 saturated carbocycles. The minimum Gasteiger partial charge on any atom is -0.495 e. The van der Waals surface area contributed by atoms with Gasteiger partial charge in [-0.05, 0) is 24.3 Å². The zero-order valence-corrected chi connectivity index (χ0v) is 11.8. The first-order chi connectivity index (χ1) is 10.0. The number of anilines is 1. The second-order valence-corrected chi connectivity index (χ2v) is 4.54. The topological polar surface area (TPSA) is 81.5 Å². The fourth-order valence-corrected chi connectivity index (χ4v) is 1.92. The van der Waals surface area contributed by atoms with Gasteiger partial charge < -0.3 is 10.1 Å². The van der Waals surface area contributed by atoms with E-state index in [1.54, 1.807) is 18.2 Å². The van der Waals surface area contributed by atoms with Crippen LogP contribution in [0.4, 0.5) is 11.4 Å². The van der Waals surface area contributed by atoms with E-state index in [4.69, 9.17) is 16.3 Å². The number of methoxy groups -OCH3 is 1. The Morgan fingerprint density at radius 2 is 2.05 bits per heavy atom. The molecule has 0 aliphatic carbocycles. The van der Waals surface area contributed by atoms with E-state index in [2.05, 4.69) is 5.32 Å². The SMILES string of the molecule is COc1ccc([N+](=O)[O-])cc1NC(=O)c1cccc(Cl)c1. The normalized spacial score (nSPS) is 10.0. The van der Waals surface area contributed by atoms with Gasteiger partial charge in [-0.1, -0.05) is 17.7 Å². The summed E-state index contributed by atoms with van der Waals surface area (Å²) in [6.45, 7) is 0. The Kier molecular flexibility index (Phi) is 4.39. The van der Waals surface area contributed by atoms with Crippen molar-refractivity contribution in [2.45, 2.75) is 0 Å². The predicted molar refractivity (Wildman–Crippen MR) is 79.1 cm³/mol. The van der Waals surface area contributed by atoms with E-state index in [1.165, 1.54) is 31.4 Å². The number of amides is 1. The van der Waals surface area contributed by atoms with Gasteiger partial charge in [-0.3, -0.25) is 14.9 Å². The number of benzene rings is 2. The Balaban J connectivity index is 2.31. The highest BCUT2D eigenvalue weighted by Crippen LogP contribution is 2.29. The zero-order chi connectivity index (χ0) is 15.4. The summed E-state index contributed by atoms with van der Waals surface area (Å²) >= 11 is 5.82. The number of hydrogen-bond acceptors (Lipinski definition) is 4. The fraction of sp³-hybridized carbons (Fsp3) is 0.0714. The third-order valence-corrected chi connectivity index (χ3v) is 2.96. The van der Waals surface area contributed by atoms with Crippen LogP contribution >= 0.6 is 11.6 Å². The summed E-state index contributed by atoms with van der Waals surface area (Å²) in [5.41, 5.74) is 0.421. The van der Waals surface area contributed by atoms with Crippen LogP contribution in [0.5, 0.6) is 5.75 Å². The van der Waals surface area contributed by atoms with Gasteiger partial charge in [-0.15, -0.1) is 0 Å². The summed E-state index contributed by atoms with van der Waals surface area (Å²) in [4.78, 5) is 22.4. The van der Waals surface area contributed by atoms with Crippen LogP contribution in [0, 0.1) is 10.1 Å². The van der Waals surface area contributed by atoms with Crippen LogP contribution in [0.25, 0.3) is 0 Å². The van der Waals surface area contributed by atoms with Gasteiger partial charge >= 0.3 is 0 Å². The van der Waals surface area contributed by atoms with Gasteiger partial charge in [-0.25, -0.2) is 0 Å². The van der Waals surface area contributed by atoms with E-state index in [1.807, 2.05) is 0 Å². The molecule has 1 N–H and O–H groups in total. The molecule has 0 unspecified atom stereocenters. The van der Waals surface area contributed by atoms with Gasteiger partial charge in [0.25, 0.3) is 11.6 Å². The molecule has 2 aromatic carbocycles. The first-order valence-corrected chi connectivity index (χ1v) is 6.28. The van der Waals surface area contributed by atoms with Crippen LogP contribution in [0.3, 0.4) is 0 Å². The lowest BCUT2D eigenvalue weighted by Crippen LogP contribution is -2.12. The van der Waals surface area contributed by atoms with Crippen LogP contribution in [-0.2, 0) is 0 Å². The molecule has 108 valence electrons. The molecule has 6 nitrogen and oxygen atoms in total. The van der Waals surface area contributed by atoms with Crippen LogP contribution in [-0.4, -0.2) is 17.9 Å². The summed E-state index contributed by atoms with van der Waals surface area (Å²) < 4.78 is 5.08. The molecule has 0 aromatic heterocycles. The minimum absolute atomic E-state index is 0.141. The second-order valence-electron chi connectivity index (χ2n) is 4.11. The molecule has 21 heavy (non-hydrogen) atoms. The van der Waals surface area contributed by atoms with E-state index in [9.17, 15) is 14.9 Å². The largest absolute Gasteiger partial charge is 0.495 e. The van der Waals surface area contributed by atoms with Crippen molar-refractivity contribution in [2.75, 3.05) is 12.4 Å². The van der Waals surface area contributed by atoms with Gasteiger partial charge in [-0.2, -0.15) is 0 Å². The van der Waals surface area contributed by atoms with Crippen LogP contribution in [0.15, 0.2) is 42.5 Å². The highest BCUT2D eigenvalue weighted by molar-refractivity contribution is 6.31. The summed E-state index contributed by atoms with van der Waals surface area (Å²) in [6.07, 6.45) is 0. The van der Waals surface area contributed by atoms with E-state index >= 15 is 0 Å². The van der Waals surface area contributed by atoms with Crippen molar-refractivity contribution in [1.29, 1.82) is 0 Å². The Hall–Kier alpha value is -2.60. The maximum absolute atomic E-state index is 12.1. The Morgan fingerprint density at radius 3 is 2.67 bits per heavy atom. The Morgan fingerprint density at radius 1 is 1.29 bits per heavy atom. The van der Waals surface area contributed by atoms with E-state index in [-0.39, 0.29) is 11.4 Å². The number of nitrogens with zero attached hydrogens (tertiary/aromatic N) is 1. The van der Waals surface area contributed by atoms with Crippen molar-refractivity contribution in [1.82, 2.24) is 0 Å². The third kappa shape index (κ3) is 3.49. The van der Waals surface area contributed by atoms with Gasteiger partial charge in [0.2, 0.25) is 0 Å². The number of carbonyl (C=O) groups is 1. The number of carbonyl (C=O) groups excluding carboxylic acids is 1. The van der Waals surface area contributed by atoms with Crippen LogP contribution < -0.4 is 10.1 Å². The smallest absolute Gasteiger partial charge is 0.271 e. The van der Waals surface area contributed by atoms with Crippen molar-refractivity contribution in [3.63, 3.8) is 0 Å². The number of nitrogens with one attached hydrogen (secondary N) is 1. The minimum atomic E-state index is -0.547. The summed E-state index contributed by atoms with van der Waals surface area (Å²) in [5.74, 6) is -0.104. The molecule has 0 spiro atoms. The molecular weight excluding hydrogens is 296 g/mol. The molecule has 2 aromatic rings. The average molecular weight is 307 g/mol. The van der Waals surface area contributed by atoms with Crippen LogP contribution in [0.2, 0.25) is 5.02 Å². The van der Waals surface area contributed by atoms with Gasteiger partial charge in [0.15, 0.2) is 0 Å². The number of halogens is 1. The number of nitro benzene ring substituents is 1. The molecule has 0 aliphatic heterocycles. The van der Waals surface area contributed by atoms with E-state index < -0.39 is 10.8 Å². The number of ether oxygens (including phenoxy) is 1. The molecule has 0 aliphatic rings. The second kappa shape index (κ2) is 6.23. The first-order valence-electron chi connectivity index (χ1n) is 5.90. The van der Waals surface area contributed by atoms with Crippen molar-refractivity contribution >= 4 is 28.9 Å². The number of rotatable bonds is 4. The van der Waals surface area contributed by atoms with Gasteiger partial charge in [0.05, 0.1) is 17.7 Å². The molecule has 0 fully saturated rings. The predicted octanol–water partition coefficient (Wildman–Crippen LogP) is 3.51. The van der Waals surface area contributed by atoms with Crippen LogP contribution in [0.1, 0.15) is 10.4 Å². The molecule has 7 heteroatoms. The van der Waals surface area contributed by atoms with E-state index in [0.29, 0.717) is 16.3 Å². The monoisotopic (exact) mass is 306 g/mol. The third-order valence-electron chi connectivity index (χ3n) is 2.73. The molecule has 0 saturated heterocycles. The van der Waals surface area contributed by atoms with Crippen molar-refractivity contribution in [3.05, 3.63) is 63.2 Å². The number of hydrogen-bond donors (Lipinski definition) is 1. The maximum Gasteiger partial charge on any atom is 0.271 e. The summed E-state index contributed by atoms with van der Waals surface area (Å²) in [7, 11) is 1.41. The highest BCUT2D eigenvalue weighted by atomic mass is 35.5. The standard InChI is InChI=1S/C14H11ClN2O4/c1-21-13-6-5-11(17(19)20)8-12(13)16-14(18)9-3-2-4-10(15)7-9/h2-8H,1H3,(H,16,18). The Bertz CT molecular complexity index is 703. The highest BCUT2D eigenvalue weighted by Gasteiger charge is 2.14. The first kappa shape index (κ1) is 14.8. The fourth-order valence-electron chi connectivity index (χ4n) is 1.73. The molecule has 0 atom stereocenters. The van der Waals surface area contributed by atoms with E-state index in [0.717, 1.165) is 0 Å². The molecule has 1 amide bonds. The van der Waals surface area contributed by atoms with Gasteiger partial charge in [0.1, 0.15) is 5.75 Å². The average Bonchev–Trinajstić information content (AvgIpc) is 2.47. The molecule has 2 rings (SSSR count). The lowest BCUT2D eigenvalue weighted by Gasteiger charge is -2.10. The van der Waals surface area contributed by atoms with Crippen molar-refractivity contribution < 1.29 is 14.5 Å². The molecule has 0 bridgehead atoms. The zero-order valence-electron chi connectivity index (χ0n) is 11.0.